The molecule has 6 heteroatoms. The number of hydrogen-bond donors (Lipinski definition) is 1. The number of carbonyl (C=O) groups excluding carboxylic acids is 1. The van der Waals surface area contributed by atoms with Gasteiger partial charge in [0.25, 0.3) is 5.91 Å². The maximum Gasteiger partial charge on any atom is 0.273 e. The molecule has 0 radical (unpaired) electrons. The molecule has 6 nitrogen and oxygen atoms in total. The van der Waals surface area contributed by atoms with Gasteiger partial charge >= 0.3 is 0 Å². The molecule has 134 valence electrons. The fraction of sp³-hybridized carbons (Fsp3) is 0.474. The lowest BCUT2D eigenvalue weighted by molar-refractivity contribution is 0.0943. The first-order valence-electron chi connectivity index (χ1n) is 8.88. The number of nitrogens with zero attached hydrogens (tertiary/aromatic N) is 3. The van der Waals surface area contributed by atoms with E-state index in [4.69, 9.17) is 4.52 Å². The fourth-order valence-corrected chi connectivity index (χ4v) is 3.04. The molecule has 1 aliphatic rings. The van der Waals surface area contributed by atoms with Crippen LogP contribution in [0.15, 0.2) is 34.9 Å². The minimum Gasteiger partial charge on any atom is -0.378 e. The van der Waals surface area contributed by atoms with Crippen molar-refractivity contribution in [3.8, 4) is 11.3 Å². The third-order valence-corrected chi connectivity index (χ3v) is 4.55. The van der Waals surface area contributed by atoms with Crippen LogP contribution in [0.2, 0.25) is 0 Å². The number of rotatable bonds is 7. The van der Waals surface area contributed by atoms with Gasteiger partial charge < -0.3 is 19.6 Å². The molecular formula is C19H26N4O2. The summed E-state index contributed by atoms with van der Waals surface area (Å²) in [5, 5.41) is 6.82. The second kappa shape index (κ2) is 8.16. The van der Waals surface area contributed by atoms with Gasteiger partial charge in [0.05, 0.1) is 0 Å². The lowest BCUT2D eigenvalue weighted by Crippen LogP contribution is -2.28. The van der Waals surface area contributed by atoms with Crippen LogP contribution in [0.25, 0.3) is 11.3 Å². The summed E-state index contributed by atoms with van der Waals surface area (Å²) >= 11 is 0. The average Bonchev–Trinajstić information content (AvgIpc) is 3.30. The largest absolute Gasteiger partial charge is 0.378 e. The summed E-state index contributed by atoms with van der Waals surface area (Å²) in [6, 6.07) is 9.65. The Balaban J connectivity index is 1.50. The SMILES string of the molecule is CN(C)c1ccc(-c2cc(C(=O)NCCCN3CCCC3)no2)cc1. The molecule has 0 saturated carbocycles. The van der Waals surface area contributed by atoms with E-state index < -0.39 is 0 Å². The van der Waals surface area contributed by atoms with E-state index in [1.807, 2.05) is 43.3 Å². The minimum atomic E-state index is -0.179. The van der Waals surface area contributed by atoms with Crippen molar-refractivity contribution < 1.29 is 9.32 Å². The van der Waals surface area contributed by atoms with E-state index >= 15 is 0 Å². The number of hydrogen-bond acceptors (Lipinski definition) is 5. The van der Waals surface area contributed by atoms with Crippen LogP contribution in [0.1, 0.15) is 29.8 Å². The van der Waals surface area contributed by atoms with E-state index in [9.17, 15) is 4.79 Å². The van der Waals surface area contributed by atoms with E-state index in [-0.39, 0.29) is 5.91 Å². The molecule has 1 aliphatic heterocycles. The molecule has 1 aromatic heterocycles. The molecule has 0 unspecified atom stereocenters. The molecule has 1 amide bonds. The van der Waals surface area contributed by atoms with Crippen molar-refractivity contribution in [2.24, 2.45) is 0 Å². The molecule has 0 atom stereocenters. The van der Waals surface area contributed by atoms with Crippen LogP contribution < -0.4 is 10.2 Å². The first kappa shape index (κ1) is 17.5. The predicted octanol–water partition coefficient (Wildman–Crippen LogP) is 2.62. The van der Waals surface area contributed by atoms with Gasteiger partial charge in [-0.15, -0.1) is 0 Å². The maximum atomic E-state index is 12.2. The first-order chi connectivity index (χ1) is 12.1. The number of anilines is 1. The van der Waals surface area contributed by atoms with Crippen LogP contribution in [-0.4, -0.2) is 56.2 Å². The van der Waals surface area contributed by atoms with Crippen LogP contribution in [-0.2, 0) is 0 Å². The van der Waals surface area contributed by atoms with Gasteiger partial charge in [-0.05, 0) is 63.2 Å². The van der Waals surface area contributed by atoms with Gasteiger partial charge in [0, 0.05) is 38.0 Å². The second-order valence-corrected chi connectivity index (χ2v) is 6.68. The van der Waals surface area contributed by atoms with Gasteiger partial charge in [-0.3, -0.25) is 4.79 Å². The molecule has 2 aromatic rings. The number of carbonyl (C=O) groups is 1. The normalized spacial score (nSPS) is 14.6. The fourth-order valence-electron chi connectivity index (χ4n) is 3.04. The first-order valence-corrected chi connectivity index (χ1v) is 8.88. The van der Waals surface area contributed by atoms with Crippen LogP contribution in [0.5, 0.6) is 0 Å². The van der Waals surface area contributed by atoms with Gasteiger partial charge in [-0.1, -0.05) is 5.16 Å². The quantitative estimate of drug-likeness (QED) is 0.784. The smallest absolute Gasteiger partial charge is 0.273 e. The van der Waals surface area contributed by atoms with Crippen LogP contribution >= 0.6 is 0 Å². The van der Waals surface area contributed by atoms with Gasteiger partial charge in [0.15, 0.2) is 11.5 Å². The van der Waals surface area contributed by atoms with Gasteiger partial charge in [-0.25, -0.2) is 0 Å². The van der Waals surface area contributed by atoms with Crippen molar-refractivity contribution in [3.63, 3.8) is 0 Å². The Kier molecular flexibility index (Phi) is 5.71. The Morgan fingerprint density at radius 2 is 1.96 bits per heavy atom. The Labute approximate surface area is 148 Å². The Morgan fingerprint density at radius 3 is 2.64 bits per heavy atom. The monoisotopic (exact) mass is 342 g/mol. The van der Waals surface area contributed by atoms with E-state index in [1.54, 1.807) is 6.07 Å². The number of benzene rings is 1. The molecular weight excluding hydrogens is 316 g/mol. The summed E-state index contributed by atoms with van der Waals surface area (Å²) in [5.41, 5.74) is 2.35. The summed E-state index contributed by atoms with van der Waals surface area (Å²) in [6.07, 6.45) is 3.55. The van der Waals surface area contributed by atoms with Crippen molar-refractivity contribution in [1.82, 2.24) is 15.4 Å². The molecule has 1 N–H and O–H groups in total. The van der Waals surface area contributed by atoms with Crippen LogP contribution in [0.3, 0.4) is 0 Å². The van der Waals surface area contributed by atoms with Gasteiger partial charge in [-0.2, -0.15) is 0 Å². The molecule has 3 rings (SSSR count). The lowest BCUT2D eigenvalue weighted by Gasteiger charge is -2.13. The zero-order chi connectivity index (χ0) is 17.6. The number of nitrogens with one attached hydrogen (secondary N) is 1. The maximum absolute atomic E-state index is 12.2. The second-order valence-electron chi connectivity index (χ2n) is 6.68. The number of likely N-dealkylation sites (tertiary alicyclic amines) is 1. The highest BCUT2D eigenvalue weighted by atomic mass is 16.5. The number of aromatic nitrogens is 1. The van der Waals surface area contributed by atoms with E-state index in [2.05, 4.69) is 15.4 Å². The van der Waals surface area contributed by atoms with Crippen molar-refractivity contribution in [1.29, 1.82) is 0 Å². The molecule has 1 fully saturated rings. The zero-order valence-electron chi connectivity index (χ0n) is 15.0. The summed E-state index contributed by atoms with van der Waals surface area (Å²) in [6.45, 7) is 4.08. The van der Waals surface area contributed by atoms with Gasteiger partial charge in [0.2, 0.25) is 0 Å². The van der Waals surface area contributed by atoms with Crippen LogP contribution in [0, 0.1) is 0 Å². The summed E-state index contributed by atoms with van der Waals surface area (Å²) in [7, 11) is 3.99. The van der Waals surface area contributed by atoms with E-state index in [1.165, 1.54) is 25.9 Å². The Morgan fingerprint density at radius 1 is 1.24 bits per heavy atom. The average molecular weight is 342 g/mol. The standard InChI is InChI=1S/C19H26N4O2/c1-22(2)16-8-6-15(7-9-16)18-14-17(21-25-18)19(24)20-10-5-13-23-11-3-4-12-23/h6-9,14H,3-5,10-13H2,1-2H3,(H,20,24). The molecule has 0 bridgehead atoms. The molecule has 1 aromatic carbocycles. The minimum absolute atomic E-state index is 0.179. The van der Waals surface area contributed by atoms with Crippen LogP contribution in [0.4, 0.5) is 5.69 Å². The molecule has 0 aliphatic carbocycles. The van der Waals surface area contributed by atoms with Crippen molar-refractivity contribution in [2.45, 2.75) is 19.3 Å². The Hall–Kier alpha value is -2.34. The van der Waals surface area contributed by atoms with Crippen molar-refractivity contribution in [3.05, 3.63) is 36.0 Å². The van der Waals surface area contributed by atoms with Crippen molar-refractivity contribution in [2.75, 3.05) is 45.2 Å². The lowest BCUT2D eigenvalue weighted by atomic mass is 10.1. The summed E-state index contributed by atoms with van der Waals surface area (Å²) in [5.74, 6) is 0.425. The van der Waals surface area contributed by atoms with Gasteiger partial charge in [0.1, 0.15) is 0 Å². The van der Waals surface area contributed by atoms with E-state index in [0.29, 0.717) is 18.0 Å². The van der Waals surface area contributed by atoms with E-state index in [0.717, 1.165) is 24.2 Å². The molecule has 1 saturated heterocycles. The number of amides is 1. The molecule has 2 heterocycles. The predicted molar refractivity (Wildman–Crippen MR) is 98.9 cm³/mol. The highest BCUT2D eigenvalue weighted by Crippen LogP contribution is 2.23. The third-order valence-electron chi connectivity index (χ3n) is 4.55. The topological polar surface area (TPSA) is 61.6 Å². The summed E-state index contributed by atoms with van der Waals surface area (Å²) in [4.78, 5) is 16.7. The highest BCUT2D eigenvalue weighted by Gasteiger charge is 2.14. The highest BCUT2D eigenvalue weighted by molar-refractivity contribution is 5.93. The molecule has 0 spiro atoms. The van der Waals surface area contributed by atoms with Crippen molar-refractivity contribution >= 4 is 11.6 Å². The molecule has 25 heavy (non-hydrogen) atoms. The summed E-state index contributed by atoms with van der Waals surface area (Å²) < 4.78 is 5.33. The Bertz CT molecular complexity index is 688. The zero-order valence-corrected chi connectivity index (χ0v) is 15.0. The third kappa shape index (κ3) is 4.60.